The van der Waals surface area contributed by atoms with Crippen molar-refractivity contribution in [2.75, 3.05) is 13.1 Å². The molecule has 1 saturated heterocycles. The van der Waals surface area contributed by atoms with Gasteiger partial charge in [-0.2, -0.15) is 18.4 Å². The molecule has 2 aliphatic rings. The van der Waals surface area contributed by atoms with Crippen LogP contribution in [0.5, 0.6) is 0 Å². The highest BCUT2D eigenvalue weighted by molar-refractivity contribution is 6.09. The second kappa shape index (κ2) is 6.09. The van der Waals surface area contributed by atoms with Gasteiger partial charge < -0.3 is 9.88 Å². The first-order valence-corrected chi connectivity index (χ1v) is 9.02. The summed E-state index contributed by atoms with van der Waals surface area (Å²) in [6.45, 7) is 0.642. The number of nitrogens with one attached hydrogen (secondary N) is 2. The first-order chi connectivity index (χ1) is 13.9. The van der Waals surface area contributed by atoms with E-state index < -0.39 is 11.8 Å². The van der Waals surface area contributed by atoms with Crippen LogP contribution in [0.15, 0.2) is 34.6 Å². The lowest BCUT2D eigenvalue weighted by Crippen LogP contribution is -2.36. The van der Waals surface area contributed by atoms with Crippen molar-refractivity contribution in [3.8, 4) is 11.4 Å². The van der Waals surface area contributed by atoms with E-state index >= 15 is 0 Å². The number of benzene rings is 1. The number of alkyl halides is 3. The van der Waals surface area contributed by atoms with Gasteiger partial charge in [-0.05, 0) is 23.6 Å². The highest BCUT2D eigenvalue weighted by atomic mass is 19.4. The van der Waals surface area contributed by atoms with Gasteiger partial charge in [-0.25, -0.2) is 0 Å². The number of carbonyl (C=O) groups excluding carboxylic acids is 1. The molecular weight excluding hydrogens is 389 g/mol. The molecule has 5 rings (SSSR count). The van der Waals surface area contributed by atoms with E-state index in [2.05, 4.69) is 35.8 Å². The molecule has 1 aromatic carbocycles. The molecule has 1 amide bonds. The number of tetrazole rings is 1. The summed E-state index contributed by atoms with van der Waals surface area (Å²) in [5.74, 6) is -0.130. The predicted molar refractivity (Wildman–Crippen MR) is 93.7 cm³/mol. The summed E-state index contributed by atoms with van der Waals surface area (Å²) in [7, 11) is 0. The normalized spacial score (nSPS) is 20.5. The van der Waals surface area contributed by atoms with Gasteiger partial charge in [-0.3, -0.25) is 4.79 Å². The lowest BCUT2D eigenvalue weighted by Gasteiger charge is -2.20. The number of para-hydroxylation sites is 1. The van der Waals surface area contributed by atoms with Crippen LogP contribution in [-0.2, 0) is 0 Å². The molecule has 2 aromatic heterocycles. The Labute approximate surface area is 161 Å². The predicted octanol–water partition coefficient (Wildman–Crippen LogP) is 2.92. The van der Waals surface area contributed by atoms with Crippen LogP contribution in [0, 0.1) is 5.92 Å². The number of hydrogen-bond donors (Lipinski definition) is 2. The smallest absolute Gasteiger partial charge is 0.360 e. The molecule has 9 nitrogen and oxygen atoms in total. The summed E-state index contributed by atoms with van der Waals surface area (Å²) < 4.78 is 39.2. The average molecular weight is 404 g/mol. The Morgan fingerprint density at radius 3 is 2.83 bits per heavy atom. The van der Waals surface area contributed by atoms with E-state index in [0.717, 1.165) is 5.39 Å². The Morgan fingerprint density at radius 2 is 2.14 bits per heavy atom. The monoisotopic (exact) mass is 404 g/mol. The van der Waals surface area contributed by atoms with E-state index in [-0.39, 0.29) is 24.8 Å². The molecule has 0 radical (unpaired) electrons. The maximum atomic E-state index is 13.1. The molecule has 0 saturated carbocycles. The van der Waals surface area contributed by atoms with Crippen molar-refractivity contribution in [3.63, 3.8) is 0 Å². The van der Waals surface area contributed by atoms with Gasteiger partial charge in [0.1, 0.15) is 0 Å². The fourth-order valence-corrected chi connectivity index (χ4v) is 3.92. The van der Waals surface area contributed by atoms with Crippen LogP contribution in [0.4, 0.5) is 13.2 Å². The second-order valence-electron chi connectivity index (χ2n) is 7.29. The minimum atomic E-state index is -4.48. The van der Waals surface area contributed by atoms with Crippen LogP contribution in [0.3, 0.4) is 0 Å². The van der Waals surface area contributed by atoms with Gasteiger partial charge in [0.05, 0.1) is 11.1 Å². The quantitative estimate of drug-likeness (QED) is 0.696. The topological polar surface area (TPSA) is 115 Å². The highest BCUT2D eigenvalue weighted by Crippen LogP contribution is 2.49. The van der Waals surface area contributed by atoms with E-state index in [0.29, 0.717) is 35.4 Å². The van der Waals surface area contributed by atoms with Crippen molar-refractivity contribution in [1.29, 1.82) is 0 Å². The molecule has 1 fully saturated rings. The minimum absolute atomic E-state index is 0.213. The number of amides is 1. The van der Waals surface area contributed by atoms with Gasteiger partial charge in [-0.15, -0.1) is 20.4 Å². The zero-order valence-electron chi connectivity index (χ0n) is 14.9. The Balaban J connectivity index is 1.36. The van der Waals surface area contributed by atoms with Crippen LogP contribution >= 0.6 is 0 Å². The van der Waals surface area contributed by atoms with Gasteiger partial charge in [0.25, 0.3) is 11.6 Å². The van der Waals surface area contributed by atoms with Crippen molar-refractivity contribution in [2.45, 2.75) is 24.7 Å². The summed E-state index contributed by atoms with van der Waals surface area (Å²) in [5, 5.41) is 21.1. The van der Waals surface area contributed by atoms with Crippen LogP contribution < -0.4 is 0 Å². The molecule has 2 aliphatic heterocycles. The third kappa shape index (κ3) is 2.86. The zero-order valence-corrected chi connectivity index (χ0v) is 14.9. The molecule has 12 heteroatoms. The lowest BCUT2D eigenvalue weighted by molar-refractivity contribution is -0.167. The van der Waals surface area contributed by atoms with Crippen molar-refractivity contribution < 1.29 is 18.0 Å². The summed E-state index contributed by atoms with van der Waals surface area (Å²) in [4.78, 5) is 17.7. The number of carbonyl (C=O) groups is 1. The highest BCUT2D eigenvalue weighted by Gasteiger charge is 2.64. The van der Waals surface area contributed by atoms with Crippen molar-refractivity contribution in [2.24, 2.45) is 16.1 Å². The number of rotatable bonds is 4. The molecule has 0 aliphatic carbocycles. The Hall–Kier alpha value is -3.31. The van der Waals surface area contributed by atoms with Crippen molar-refractivity contribution >= 4 is 16.8 Å². The van der Waals surface area contributed by atoms with E-state index in [1.807, 2.05) is 6.07 Å². The Morgan fingerprint density at radius 1 is 1.31 bits per heavy atom. The number of fused-ring (bicyclic) bond motifs is 1. The third-order valence-electron chi connectivity index (χ3n) is 5.47. The number of nitrogens with zero attached hydrogens (tertiary/aromatic N) is 6. The lowest BCUT2D eigenvalue weighted by atomic mass is 9.96. The zero-order chi connectivity index (χ0) is 20.2. The molecular formula is C17H15F3N8O. The molecule has 1 atom stereocenters. The van der Waals surface area contributed by atoms with Crippen LogP contribution in [0.1, 0.15) is 23.2 Å². The largest absolute Gasteiger partial charge is 0.437 e. The summed E-state index contributed by atoms with van der Waals surface area (Å²) in [5.41, 5.74) is -0.494. The van der Waals surface area contributed by atoms with E-state index in [9.17, 15) is 18.0 Å². The van der Waals surface area contributed by atoms with Gasteiger partial charge in [-0.1, -0.05) is 12.1 Å². The molecule has 4 heterocycles. The van der Waals surface area contributed by atoms with Crippen molar-refractivity contribution in [3.05, 3.63) is 30.0 Å². The van der Waals surface area contributed by atoms with E-state index in [1.165, 1.54) is 0 Å². The van der Waals surface area contributed by atoms with Gasteiger partial charge in [0.2, 0.25) is 5.82 Å². The van der Waals surface area contributed by atoms with E-state index in [1.54, 1.807) is 23.2 Å². The number of likely N-dealkylation sites (tertiary alicyclic amines) is 1. The molecule has 150 valence electrons. The van der Waals surface area contributed by atoms with Gasteiger partial charge >= 0.3 is 6.18 Å². The first-order valence-electron chi connectivity index (χ1n) is 9.02. The fraction of sp³-hybridized carbons (Fsp3) is 0.412. The standard InChI is InChI=1S/C17H15F3N8O/c18-17(19,20)16(24-25-16)6-9-4-5-28(8-9)15(29)11-3-1-2-10-12(7-21-13(10)11)14-22-26-27-23-14/h1-3,7,9,21H,4-6,8H2,(H,22,23,26,27). The summed E-state index contributed by atoms with van der Waals surface area (Å²) >= 11 is 0. The maximum Gasteiger partial charge on any atom is 0.437 e. The molecule has 1 unspecified atom stereocenters. The SMILES string of the molecule is O=C(c1cccc2c(-c3nn[nH]n3)c[nH]c12)N1CCC(CC2(C(F)(F)F)N=N2)C1. The van der Waals surface area contributed by atoms with Gasteiger partial charge in [0, 0.05) is 36.7 Å². The molecule has 0 spiro atoms. The Kier molecular flexibility index (Phi) is 3.73. The van der Waals surface area contributed by atoms with Crippen LogP contribution in [-0.4, -0.2) is 61.3 Å². The first kappa shape index (κ1) is 17.8. The van der Waals surface area contributed by atoms with E-state index in [4.69, 9.17) is 0 Å². The maximum absolute atomic E-state index is 13.1. The number of H-pyrrole nitrogens is 2. The summed E-state index contributed by atoms with van der Waals surface area (Å²) in [6, 6.07) is 5.28. The fourth-order valence-electron chi connectivity index (χ4n) is 3.92. The molecule has 0 bridgehead atoms. The number of halogens is 3. The summed E-state index contributed by atoms with van der Waals surface area (Å²) in [6.07, 6.45) is -2.51. The minimum Gasteiger partial charge on any atom is -0.360 e. The third-order valence-corrected chi connectivity index (χ3v) is 5.47. The molecule has 2 N–H and O–H groups in total. The molecule has 29 heavy (non-hydrogen) atoms. The van der Waals surface area contributed by atoms with Crippen molar-refractivity contribution in [1.82, 2.24) is 30.5 Å². The second-order valence-corrected chi connectivity index (χ2v) is 7.29. The number of aromatic amines is 2. The Bertz CT molecular complexity index is 1100. The number of hydrogen-bond acceptors (Lipinski definition) is 6. The average Bonchev–Trinajstić information content (AvgIpc) is 3.10. The van der Waals surface area contributed by atoms with Crippen LogP contribution in [0.2, 0.25) is 0 Å². The molecule has 3 aromatic rings. The van der Waals surface area contributed by atoms with Crippen LogP contribution in [0.25, 0.3) is 22.3 Å². The number of aromatic nitrogens is 5. The van der Waals surface area contributed by atoms with Gasteiger partial charge in [0.15, 0.2) is 0 Å².